The molecule has 0 spiro atoms. The summed E-state index contributed by atoms with van der Waals surface area (Å²) in [6.45, 7) is 7.65. The molecule has 1 atom stereocenters. The minimum Gasteiger partial charge on any atom is -0.482 e. The zero-order chi connectivity index (χ0) is 31.8. The van der Waals surface area contributed by atoms with Crippen molar-refractivity contribution in [2.75, 3.05) is 31.1 Å². The van der Waals surface area contributed by atoms with Gasteiger partial charge in [0, 0.05) is 67.2 Å². The van der Waals surface area contributed by atoms with Gasteiger partial charge >= 0.3 is 5.97 Å². The first-order chi connectivity index (χ1) is 21.1. The van der Waals surface area contributed by atoms with Crippen LogP contribution in [0.2, 0.25) is 0 Å². The van der Waals surface area contributed by atoms with Crippen molar-refractivity contribution in [3.8, 4) is 11.8 Å². The SMILES string of the molecule is Cc1cc[n+](O)c(C)c1C(=O)NCC[C@@H](C)N1CCC(N(Cc2cc(C#N)ccc2F)c2ccc(OCC(=O)O)cc2)CC1. The largest absolute Gasteiger partial charge is 0.482 e. The number of likely N-dealkylation sites (tertiary alicyclic amines) is 1. The van der Waals surface area contributed by atoms with Gasteiger partial charge in [0.2, 0.25) is 11.9 Å². The molecule has 0 radical (unpaired) electrons. The Hall–Kier alpha value is -4.69. The quantitative estimate of drug-likeness (QED) is 0.209. The third-order valence-electron chi connectivity index (χ3n) is 8.25. The highest BCUT2D eigenvalue weighted by atomic mass is 19.1. The molecule has 10 nitrogen and oxygen atoms in total. The summed E-state index contributed by atoms with van der Waals surface area (Å²) in [4.78, 5) is 28.2. The van der Waals surface area contributed by atoms with Crippen LogP contribution in [0.3, 0.4) is 0 Å². The molecule has 44 heavy (non-hydrogen) atoms. The smallest absolute Gasteiger partial charge is 0.341 e. The van der Waals surface area contributed by atoms with Crippen molar-refractivity contribution >= 4 is 17.6 Å². The van der Waals surface area contributed by atoms with Crippen LogP contribution in [-0.2, 0) is 11.3 Å². The Morgan fingerprint density at radius 1 is 1.18 bits per heavy atom. The molecule has 1 fully saturated rings. The van der Waals surface area contributed by atoms with Crippen LogP contribution in [0.4, 0.5) is 10.1 Å². The van der Waals surface area contributed by atoms with Crippen LogP contribution in [0.1, 0.15) is 58.9 Å². The van der Waals surface area contributed by atoms with Crippen molar-refractivity contribution < 1.29 is 33.8 Å². The molecule has 3 N–H and O–H groups in total. The lowest BCUT2D eigenvalue weighted by atomic mass is 9.98. The van der Waals surface area contributed by atoms with Gasteiger partial charge in [-0.25, -0.2) is 9.18 Å². The first-order valence-corrected chi connectivity index (χ1v) is 14.7. The molecule has 1 aliphatic rings. The Bertz CT molecular complexity index is 1520. The Balaban J connectivity index is 1.40. The van der Waals surface area contributed by atoms with Gasteiger partial charge < -0.3 is 25.0 Å². The summed E-state index contributed by atoms with van der Waals surface area (Å²) in [6.07, 6.45) is 3.92. The van der Waals surface area contributed by atoms with Gasteiger partial charge in [-0.05, 0) is 81.1 Å². The van der Waals surface area contributed by atoms with Gasteiger partial charge in [-0.2, -0.15) is 5.26 Å². The maximum Gasteiger partial charge on any atom is 0.341 e. The van der Waals surface area contributed by atoms with Crippen molar-refractivity contribution in [3.63, 3.8) is 0 Å². The summed E-state index contributed by atoms with van der Waals surface area (Å²) >= 11 is 0. The molecule has 1 aliphatic heterocycles. The van der Waals surface area contributed by atoms with E-state index in [1.165, 1.54) is 18.3 Å². The van der Waals surface area contributed by atoms with E-state index in [1.807, 2.05) is 19.1 Å². The minimum atomic E-state index is -1.06. The number of aliphatic carboxylic acids is 1. The van der Waals surface area contributed by atoms with Crippen LogP contribution < -0.4 is 19.7 Å². The third kappa shape index (κ3) is 8.02. The molecule has 0 saturated carbocycles. The number of pyridine rings is 1. The highest BCUT2D eigenvalue weighted by Gasteiger charge is 2.28. The predicted molar refractivity (Wildman–Crippen MR) is 161 cm³/mol. The number of rotatable bonds is 12. The number of benzene rings is 2. The van der Waals surface area contributed by atoms with Gasteiger partial charge in [-0.1, -0.05) is 0 Å². The zero-order valence-corrected chi connectivity index (χ0v) is 25.3. The number of ether oxygens (including phenoxy) is 1. The summed E-state index contributed by atoms with van der Waals surface area (Å²) in [7, 11) is 0. The molecule has 0 bridgehead atoms. The average molecular weight is 605 g/mol. The van der Waals surface area contributed by atoms with E-state index in [4.69, 9.17) is 9.84 Å². The second kappa shape index (κ2) is 14.7. The topological polar surface area (TPSA) is 130 Å². The van der Waals surface area contributed by atoms with Crippen LogP contribution in [-0.4, -0.2) is 65.4 Å². The second-order valence-electron chi connectivity index (χ2n) is 11.2. The number of carbonyl (C=O) groups excluding carboxylic acids is 1. The molecule has 0 unspecified atom stereocenters. The number of hydrogen-bond donors (Lipinski definition) is 3. The number of piperidine rings is 1. The number of carboxylic acid groups (broad SMARTS) is 1. The van der Waals surface area contributed by atoms with E-state index < -0.39 is 12.6 Å². The van der Waals surface area contributed by atoms with Gasteiger partial charge in [-0.3, -0.25) is 10.0 Å². The van der Waals surface area contributed by atoms with Gasteiger partial charge in [0.25, 0.3) is 5.91 Å². The molecular weight excluding hydrogens is 565 g/mol. The average Bonchev–Trinajstić information content (AvgIpc) is 3.02. The number of nitriles is 1. The zero-order valence-electron chi connectivity index (χ0n) is 25.3. The number of carbonyl (C=O) groups is 2. The Morgan fingerprint density at radius 3 is 2.55 bits per heavy atom. The minimum absolute atomic E-state index is 0.100. The molecule has 1 aromatic heterocycles. The molecular formula is C33H39FN5O5+. The molecule has 2 aromatic carbocycles. The molecule has 1 amide bonds. The maximum atomic E-state index is 14.8. The number of nitrogens with one attached hydrogen (secondary N) is 1. The number of aryl methyl sites for hydroxylation is 1. The molecule has 4 rings (SSSR count). The van der Waals surface area contributed by atoms with Crippen LogP contribution >= 0.6 is 0 Å². The normalized spacial score (nSPS) is 14.4. The fourth-order valence-corrected chi connectivity index (χ4v) is 5.68. The molecule has 232 valence electrons. The lowest BCUT2D eigenvalue weighted by Crippen LogP contribution is -2.48. The number of halogens is 1. The summed E-state index contributed by atoms with van der Waals surface area (Å²) in [5.41, 5.74) is 3.43. The van der Waals surface area contributed by atoms with Gasteiger partial charge in [0.05, 0.1) is 11.6 Å². The van der Waals surface area contributed by atoms with E-state index in [0.717, 1.165) is 48.3 Å². The van der Waals surface area contributed by atoms with Crippen molar-refractivity contribution in [3.05, 3.63) is 88.5 Å². The molecule has 1 saturated heterocycles. The van der Waals surface area contributed by atoms with E-state index in [-0.39, 0.29) is 30.4 Å². The van der Waals surface area contributed by atoms with E-state index in [1.54, 1.807) is 31.2 Å². The standard InChI is InChI=1S/C33H38FN5O5/c1-22-11-17-39(43)24(3)32(22)33(42)36-14-10-23(2)37-15-12-28(13-16-37)38(20-26-18-25(19-35)4-9-30(26)34)27-5-7-29(8-6-27)44-21-31(40)41/h4-9,11,17-18,23,28H,10,12-16,20-21H2,1-3H3,(H2-,36,40,41,42,43)/p+1/t23-/m1/s1. The molecule has 0 aliphatic carbocycles. The molecule has 11 heteroatoms. The molecule has 3 aromatic rings. The number of aromatic nitrogens is 1. The van der Waals surface area contributed by atoms with Crippen LogP contribution in [0.25, 0.3) is 0 Å². The number of carboxylic acids is 1. The lowest BCUT2D eigenvalue weighted by Gasteiger charge is -2.42. The number of amides is 1. The lowest BCUT2D eigenvalue weighted by molar-refractivity contribution is -0.908. The summed E-state index contributed by atoms with van der Waals surface area (Å²) in [6, 6.07) is 15.6. The maximum absolute atomic E-state index is 14.8. The Labute approximate surface area is 256 Å². The van der Waals surface area contributed by atoms with Gasteiger partial charge in [-0.15, -0.1) is 0 Å². The van der Waals surface area contributed by atoms with Crippen molar-refractivity contribution in [2.45, 2.75) is 58.7 Å². The van der Waals surface area contributed by atoms with Crippen LogP contribution in [0.15, 0.2) is 54.7 Å². The Kier molecular flexibility index (Phi) is 10.7. The number of nitrogens with zero attached hydrogens (tertiary/aromatic N) is 4. The second-order valence-corrected chi connectivity index (χ2v) is 11.2. The van der Waals surface area contributed by atoms with Crippen molar-refractivity contribution in [1.82, 2.24) is 10.2 Å². The van der Waals surface area contributed by atoms with Gasteiger partial charge in [0.1, 0.15) is 17.1 Å². The van der Waals surface area contributed by atoms with E-state index in [9.17, 15) is 24.4 Å². The summed E-state index contributed by atoms with van der Waals surface area (Å²) < 4.78 is 21.1. The first-order valence-electron chi connectivity index (χ1n) is 14.7. The Morgan fingerprint density at radius 2 is 1.89 bits per heavy atom. The number of hydrogen-bond acceptors (Lipinski definition) is 7. The number of anilines is 1. The summed E-state index contributed by atoms with van der Waals surface area (Å²) in [5, 5.41) is 31.2. The van der Waals surface area contributed by atoms with Crippen molar-refractivity contribution in [2.24, 2.45) is 0 Å². The first kappa shape index (κ1) is 32.2. The fourth-order valence-electron chi connectivity index (χ4n) is 5.68. The van der Waals surface area contributed by atoms with Crippen molar-refractivity contribution in [1.29, 1.82) is 5.26 Å². The predicted octanol–water partition coefficient (Wildman–Crippen LogP) is 3.98. The van der Waals surface area contributed by atoms with E-state index in [2.05, 4.69) is 28.1 Å². The molecule has 2 heterocycles. The van der Waals surface area contributed by atoms with E-state index in [0.29, 0.717) is 34.7 Å². The third-order valence-corrected chi connectivity index (χ3v) is 8.25. The highest BCUT2D eigenvalue weighted by Crippen LogP contribution is 2.29. The van der Waals surface area contributed by atoms with E-state index >= 15 is 0 Å². The van der Waals surface area contributed by atoms with Crippen LogP contribution in [0, 0.1) is 31.0 Å². The van der Waals surface area contributed by atoms with Gasteiger partial charge in [0.15, 0.2) is 6.61 Å². The van der Waals surface area contributed by atoms with Crippen LogP contribution in [0.5, 0.6) is 5.75 Å². The highest BCUT2D eigenvalue weighted by molar-refractivity contribution is 5.96. The fraction of sp³-hybridized carbons (Fsp3) is 0.394. The monoisotopic (exact) mass is 604 g/mol. The summed E-state index contributed by atoms with van der Waals surface area (Å²) in [5.74, 6) is -1.22.